The van der Waals surface area contributed by atoms with Crippen LogP contribution >= 0.6 is 0 Å². The van der Waals surface area contributed by atoms with Crippen molar-refractivity contribution in [3.63, 3.8) is 0 Å². The van der Waals surface area contributed by atoms with Crippen molar-refractivity contribution in [2.24, 2.45) is 0 Å². The van der Waals surface area contributed by atoms with Crippen LogP contribution in [0.4, 0.5) is 9.18 Å². The molecular formula is C23H26FN5O3. The molecule has 9 heteroatoms. The lowest BCUT2D eigenvalue weighted by atomic mass is 9.93. The predicted octanol–water partition coefficient (Wildman–Crippen LogP) is 4.26. The number of hydrogen-bond acceptors (Lipinski definition) is 7. The largest absolute Gasteiger partial charge is 0.474 e. The van der Waals surface area contributed by atoms with Gasteiger partial charge in [0.15, 0.2) is 0 Å². The Morgan fingerprint density at radius 3 is 2.09 bits per heavy atom. The van der Waals surface area contributed by atoms with Crippen molar-refractivity contribution < 1.29 is 18.7 Å². The number of alkyl carbamates (subject to hydrolysis) is 1. The highest BCUT2D eigenvalue weighted by atomic mass is 19.1. The zero-order chi connectivity index (χ0) is 23.6. The molecule has 0 bridgehead atoms. The molecule has 0 radical (unpaired) electrons. The van der Waals surface area contributed by atoms with E-state index in [1.165, 1.54) is 18.5 Å². The zero-order valence-corrected chi connectivity index (χ0v) is 18.3. The summed E-state index contributed by atoms with van der Waals surface area (Å²) in [5.41, 5.74) is 0.407. The summed E-state index contributed by atoms with van der Waals surface area (Å²) in [6.07, 6.45) is 5.81. The number of nitriles is 2. The van der Waals surface area contributed by atoms with Gasteiger partial charge in [-0.25, -0.2) is 14.8 Å². The normalized spacial score (nSPS) is 17.6. The van der Waals surface area contributed by atoms with Gasteiger partial charge in [-0.3, -0.25) is 0 Å². The van der Waals surface area contributed by atoms with E-state index < -0.39 is 11.5 Å². The van der Waals surface area contributed by atoms with E-state index in [2.05, 4.69) is 15.3 Å². The molecule has 0 atom stereocenters. The van der Waals surface area contributed by atoms with Crippen LogP contribution in [0.15, 0.2) is 36.7 Å². The number of carbonyl (C=O) groups excluding carboxylic acids is 1. The number of pyridine rings is 2. The second kappa shape index (κ2) is 11.6. The number of carbonyl (C=O) groups is 1. The van der Waals surface area contributed by atoms with E-state index in [4.69, 9.17) is 20.0 Å². The van der Waals surface area contributed by atoms with E-state index in [0.717, 1.165) is 31.7 Å². The number of aromatic nitrogens is 2. The van der Waals surface area contributed by atoms with Gasteiger partial charge in [-0.15, -0.1) is 0 Å². The first-order valence-corrected chi connectivity index (χ1v) is 10.2. The molecule has 1 N–H and O–H groups in total. The van der Waals surface area contributed by atoms with Gasteiger partial charge in [0.1, 0.15) is 23.8 Å². The van der Waals surface area contributed by atoms with Gasteiger partial charge in [-0.05, 0) is 64.7 Å². The monoisotopic (exact) mass is 439 g/mol. The van der Waals surface area contributed by atoms with Gasteiger partial charge in [0.05, 0.1) is 11.1 Å². The van der Waals surface area contributed by atoms with E-state index in [9.17, 15) is 9.18 Å². The van der Waals surface area contributed by atoms with Crippen molar-refractivity contribution in [2.75, 3.05) is 0 Å². The van der Waals surface area contributed by atoms with Gasteiger partial charge in [-0.1, -0.05) is 0 Å². The number of nitrogens with zero attached hydrogens (tertiary/aromatic N) is 4. The fraction of sp³-hybridized carbons (Fsp3) is 0.435. The number of ether oxygens (including phenoxy) is 2. The number of hydrogen-bond donors (Lipinski definition) is 1. The third-order valence-corrected chi connectivity index (χ3v) is 4.40. The molecule has 1 aliphatic rings. The van der Waals surface area contributed by atoms with E-state index in [0.29, 0.717) is 17.0 Å². The van der Waals surface area contributed by atoms with E-state index >= 15 is 0 Å². The summed E-state index contributed by atoms with van der Waals surface area (Å²) in [7, 11) is 0. The summed E-state index contributed by atoms with van der Waals surface area (Å²) >= 11 is 0. The molecule has 0 spiro atoms. The molecule has 0 saturated heterocycles. The van der Waals surface area contributed by atoms with Crippen LogP contribution in [-0.2, 0) is 4.74 Å². The van der Waals surface area contributed by atoms with Crippen LogP contribution in [-0.4, -0.2) is 33.8 Å². The minimum absolute atomic E-state index is 0.0899. The lowest BCUT2D eigenvalue weighted by Gasteiger charge is -2.30. The number of amides is 1. The van der Waals surface area contributed by atoms with Crippen molar-refractivity contribution in [2.45, 2.75) is 64.2 Å². The van der Waals surface area contributed by atoms with Crippen molar-refractivity contribution in [1.29, 1.82) is 10.5 Å². The molecule has 168 valence electrons. The molecule has 1 saturated carbocycles. The molecule has 0 aromatic carbocycles. The first-order valence-electron chi connectivity index (χ1n) is 10.2. The standard InChI is InChI=1S/C17H23N3O3.C6H3FN2/c1-17(2,3)23-16(21)20-13-5-7-14(8-6-13)22-15-9-4-12(10-18)11-19-15;7-6-2-1-5(3-8)4-9-6/h4,9,11,13-14H,5-8H2,1-3H3,(H,20,21);1-2,4H/t13-,14-;. The van der Waals surface area contributed by atoms with Crippen molar-refractivity contribution in [1.82, 2.24) is 15.3 Å². The molecule has 2 heterocycles. The third-order valence-electron chi connectivity index (χ3n) is 4.40. The number of halogens is 1. The van der Waals surface area contributed by atoms with E-state index in [-0.39, 0.29) is 18.2 Å². The summed E-state index contributed by atoms with van der Waals surface area (Å²) in [5, 5.41) is 19.9. The second-order valence-electron chi connectivity index (χ2n) is 8.22. The molecule has 2 aromatic rings. The summed E-state index contributed by atoms with van der Waals surface area (Å²) in [6.45, 7) is 5.55. The Morgan fingerprint density at radius 1 is 1.03 bits per heavy atom. The van der Waals surface area contributed by atoms with Gasteiger partial charge >= 0.3 is 6.09 Å². The molecule has 32 heavy (non-hydrogen) atoms. The highest BCUT2D eigenvalue weighted by molar-refractivity contribution is 5.68. The van der Waals surface area contributed by atoms with Crippen LogP contribution in [0.2, 0.25) is 0 Å². The number of nitrogens with one attached hydrogen (secondary N) is 1. The van der Waals surface area contributed by atoms with Crippen molar-refractivity contribution in [3.05, 3.63) is 53.7 Å². The van der Waals surface area contributed by atoms with Gasteiger partial charge in [0.25, 0.3) is 0 Å². The van der Waals surface area contributed by atoms with Crippen LogP contribution in [0.5, 0.6) is 5.88 Å². The molecule has 8 nitrogen and oxygen atoms in total. The molecule has 0 aliphatic heterocycles. The Hall–Kier alpha value is -3.72. The molecule has 1 fully saturated rings. The Morgan fingerprint density at radius 2 is 1.62 bits per heavy atom. The fourth-order valence-electron chi connectivity index (χ4n) is 2.93. The molecule has 0 unspecified atom stereocenters. The highest BCUT2D eigenvalue weighted by Crippen LogP contribution is 2.23. The number of rotatable bonds is 3. The Kier molecular flexibility index (Phi) is 8.91. The predicted molar refractivity (Wildman–Crippen MR) is 114 cm³/mol. The van der Waals surface area contributed by atoms with Gasteiger partial charge < -0.3 is 14.8 Å². The molecule has 3 rings (SSSR count). The lowest BCUT2D eigenvalue weighted by Crippen LogP contribution is -2.42. The summed E-state index contributed by atoms with van der Waals surface area (Å²) in [5.74, 6) is -0.0263. The maximum absolute atomic E-state index is 12.0. The lowest BCUT2D eigenvalue weighted by molar-refractivity contribution is 0.0469. The smallest absolute Gasteiger partial charge is 0.407 e. The first kappa shape index (κ1) is 24.5. The second-order valence-corrected chi connectivity index (χ2v) is 8.22. The molecular weight excluding hydrogens is 413 g/mol. The highest BCUT2D eigenvalue weighted by Gasteiger charge is 2.25. The average Bonchev–Trinajstić information content (AvgIpc) is 2.75. The van der Waals surface area contributed by atoms with Crippen molar-refractivity contribution >= 4 is 6.09 Å². The molecule has 1 amide bonds. The van der Waals surface area contributed by atoms with Crippen LogP contribution in [0.25, 0.3) is 0 Å². The van der Waals surface area contributed by atoms with Gasteiger partial charge in [-0.2, -0.15) is 14.9 Å². The molecule has 2 aromatic heterocycles. The maximum Gasteiger partial charge on any atom is 0.407 e. The SMILES string of the molecule is CC(C)(C)OC(=O)N[C@H]1CC[C@H](Oc2ccc(C#N)cn2)CC1.N#Cc1ccc(F)nc1. The van der Waals surface area contributed by atoms with Gasteiger partial charge in [0, 0.05) is 24.5 Å². The van der Waals surface area contributed by atoms with Crippen LogP contribution < -0.4 is 10.1 Å². The first-order chi connectivity index (χ1) is 15.2. The zero-order valence-electron chi connectivity index (χ0n) is 18.3. The van der Waals surface area contributed by atoms with E-state index in [1.54, 1.807) is 12.1 Å². The van der Waals surface area contributed by atoms with Crippen LogP contribution in [0.1, 0.15) is 57.6 Å². The van der Waals surface area contributed by atoms with Crippen LogP contribution in [0.3, 0.4) is 0 Å². The summed E-state index contributed by atoms with van der Waals surface area (Å²) < 4.78 is 23.1. The average molecular weight is 439 g/mol. The Labute approximate surface area is 187 Å². The van der Waals surface area contributed by atoms with Gasteiger partial charge in [0.2, 0.25) is 11.8 Å². The fourth-order valence-corrected chi connectivity index (χ4v) is 2.93. The summed E-state index contributed by atoms with van der Waals surface area (Å²) in [4.78, 5) is 19.1. The quantitative estimate of drug-likeness (QED) is 0.709. The van der Waals surface area contributed by atoms with E-state index in [1.807, 2.05) is 32.9 Å². The molecule has 1 aliphatic carbocycles. The third kappa shape index (κ3) is 8.97. The minimum Gasteiger partial charge on any atom is -0.474 e. The minimum atomic E-state index is -0.561. The topological polar surface area (TPSA) is 121 Å². The Bertz CT molecular complexity index is 952. The maximum atomic E-state index is 12.0. The van der Waals surface area contributed by atoms with Crippen molar-refractivity contribution in [3.8, 4) is 18.0 Å². The van der Waals surface area contributed by atoms with Crippen LogP contribution in [0, 0.1) is 28.6 Å². The summed E-state index contributed by atoms with van der Waals surface area (Å²) in [6, 6.07) is 9.91. The Balaban J connectivity index is 0.000000336.